The molecular formula is C25H22N4O. The Morgan fingerprint density at radius 1 is 0.833 bits per heavy atom. The number of fused-ring (bicyclic) bond motifs is 1. The van der Waals surface area contributed by atoms with Gasteiger partial charge in [-0.25, -0.2) is 4.68 Å². The van der Waals surface area contributed by atoms with Crippen molar-refractivity contribution in [2.24, 2.45) is 0 Å². The van der Waals surface area contributed by atoms with E-state index < -0.39 is 0 Å². The van der Waals surface area contributed by atoms with Gasteiger partial charge in [-0.1, -0.05) is 78.4 Å². The number of carbonyl (C=O) groups is 1. The maximum absolute atomic E-state index is 13.6. The van der Waals surface area contributed by atoms with Crippen LogP contribution in [0.4, 0.5) is 5.95 Å². The molecule has 2 heterocycles. The SMILES string of the molecule is Cc1ccc([C@H]2C[C@H](c3ccccc3)n3ncnc3N2C(=O)c2ccccc2)cc1. The highest BCUT2D eigenvalue weighted by molar-refractivity contribution is 6.05. The molecule has 4 aromatic rings. The van der Waals surface area contributed by atoms with E-state index >= 15 is 0 Å². The molecule has 0 saturated heterocycles. The van der Waals surface area contributed by atoms with Gasteiger partial charge in [0.2, 0.25) is 5.95 Å². The first kappa shape index (κ1) is 18.3. The Labute approximate surface area is 175 Å². The highest BCUT2D eigenvalue weighted by Gasteiger charge is 2.39. The van der Waals surface area contributed by atoms with Crippen molar-refractivity contribution in [2.75, 3.05) is 4.90 Å². The van der Waals surface area contributed by atoms with Crippen molar-refractivity contribution in [3.05, 3.63) is 114 Å². The number of aromatic nitrogens is 3. The molecule has 5 rings (SSSR count). The summed E-state index contributed by atoms with van der Waals surface area (Å²) in [5.74, 6) is 0.511. The molecule has 0 bridgehead atoms. The largest absolute Gasteiger partial charge is 0.269 e. The molecule has 1 aromatic heterocycles. The van der Waals surface area contributed by atoms with Crippen LogP contribution >= 0.6 is 0 Å². The fourth-order valence-electron chi connectivity index (χ4n) is 4.17. The van der Waals surface area contributed by atoms with Gasteiger partial charge in [-0.2, -0.15) is 10.1 Å². The Morgan fingerprint density at radius 3 is 2.17 bits per heavy atom. The number of carbonyl (C=O) groups excluding carboxylic acids is 1. The van der Waals surface area contributed by atoms with Gasteiger partial charge in [0, 0.05) is 5.56 Å². The van der Waals surface area contributed by atoms with E-state index in [-0.39, 0.29) is 18.0 Å². The summed E-state index contributed by atoms with van der Waals surface area (Å²) in [5.41, 5.74) is 4.09. The van der Waals surface area contributed by atoms with Crippen molar-refractivity contribution < 1.29 is 4.79 Å². The van der Waals surface area contributed by atoms with Crippen LogP contribution < -0.4 is 4.90 Å². The van der Waals surface area contributed by atoms with Gasteiger partial charge in [-0.05, 0) is 36.6 Å². The predicted molar refractivity (Wildman–Crippen MR) is 116 cm³/mol. The zero-order valence-electron chi connectivity index (χ0n) is 16.7. The molecule has 1 amide bonds. The second kappa shape index (κ2) is 7.59. The van der Waals surface area contributed by atoms with Crippen LogP contribution in [0, 0.1) is 6.92 Å². The molecule has 0 unspecified atom stereocenters. The minimum absolute atomic E-state index is 0.00910. The highest BCUT2D eigenvalue weighted by Crippen LogP contribution is 2.42. The summed E-state index contributed by atoms with van der Waals surface area (Å²) >= 11 is 0. The van der Waals surface area contributed by atoms with Crippen LogP contribution in [0.2, 0.25) is 0 Å². The van der Waals surface area contributed by atoms with Crippen LogP contribution in [0.3, 0.4) is 0 Å². The number of hydrogen-bond donors (Lipinski definition) is 0. The van der Waals surface area contributed by atoms with Crippen molar-refractivity contribution in [3.8, 4) is 0 Å². The van der Waals surface area contributed by atoms with Gasteiger partial charge in [0.1, 0.15) is 6.33 Å². The number of aryl methyl sites for hydroxylation is 1. The summed E-state index contributed by atoms with van der Waals surface area (Å²) in [4.78, 5) is 19.9. The van der Waals surface area contributed by atoms with Gasteiger partial charge >= 0.3 is 0 Å². The molecule has 30 heavy (non-hydrogen) atoms. The van der Waals surface area contributed by atoms with Crippen molar-refractivity contribution in [1.29, 1.82) is 0 Å². The van der Waals surface area contributed by atoms with Crippen LogP contribution in [0.5, 0.6) is 0 Å². The number of amides is 1. The zero-order chi connectivity index (χ0) is 20.5. The Bertz CT molecular complexity index is 1150. The molecule has 0 fully saturated rings. The number of benzene rings is 3. The average Bonchev–Trinajstić information content (AvgIpc) is 3.29. The molecule has 0 N–H and O–H groups in total. The average molecular weight is 394 g/mol. The molecule has 148 valence electrons. The first-order valence-corrected chi connectivity index (χ1v) is 10.1. The van der Waals surface area contributed by atoms with E-state index in [1.807, 2.05) is 53.2 Å². The van der Waals surface area contributed by atoms with Gasteiger partial charge in [-0.15, -0.1) is 0 Å². The van der Waals surface area contributed by atoms with Crippen LogP contribution in [0.1, 0.15) is 45.6 Å². The minimum Gasteiger partial charge on any atom is -0.269 e. The van der Waals surface area contributed by atoms with Crippen molar-refractivity contribution in [2.45, 2.75) is 25.4 Å². The van der Waals surface area contributed by atoms with E-state index in [4.69, 9.17) is 0 Å². The summed E-state index contributed by atoms with van der Waals surface area (Å²) in [6.07, 6.45) is 2.26. The molecule has 0 spiro atoms. The second-order valence-electron chi connectivity index (χ2n) is 7.63. The first-order valence-electron chi connectivity index (χ1n) is 10.1. The first-order chi connectivity index (χ1) is 14.7. The molecule has 3 aromatic carbocycles. The van der Waals surface area contributed by atoms with Crippen LogP contribution in [-0.2, 0) is 0 Å². The Kier molecular flexibility index (Phi) is 4.64. The van der Waals surface area contributed by atoms with Crippen molar-refractivity contribution >= 4 is 11.9 Å². The lowest BCUT2D eigenvalue weighted by Crippen LogP contribution is -2.42. The molecule has 2 atom stereocenters. The summed E-state index contributed by atoms with van der Waals surface area (Å²) in [5, 5.41) is 4.49. The minimum atomic E-state index is -0.139. The fraction of sp³-hybridized carbons (Fsp3) is 0.160. The van der Waals surface area contributed by atoms with E-state index in [1.54, 1.807) is 4.90 Å². The van der Waals surface area contributed by atoms with Gasteiger partial charge in [0.15, 0.2) is 0 Å². The number of hydrogen-bond acceptors (Lipinski definition) is 3. The summed E-state index contributed by atoms with van der Waals surface area (Å²) in [7, 11) is 0. The van der Waals surface area contributed by atoms with Crippen molar-refractivity contribution in [3.63, 3.8) is 0 Å². The van der Waals surface area contributed by atoms with Gasteiger partial charge in [0.05, 0.1) is 12.1 Å². The third-order valence-electron chi connectivity index (χ3n) is 5.71. The van der Waals surface area contributed by atoms with E-state index in [1.165, 1.54) is 11.9 Å². The van der Waals surface area contributed by atoms with Crippen LogP contribution in [0.25, 0.3) is 0 Å². The topological polar surface area (TPSA) is 51.0 Å². The van der Waals surface area contributed by atoms with E-state index in [9.17, 15) is 4.79 Å². The molecule has 1 aliphatic heterocycles. The quantitative estimate of drug-likeness (QED) is 0.493. The lowest BCUT2D eigenvalue weighted by molar-refractivity contribution is 0.0963. The van der Waals surface area contributed by atoms with Crippen LogP contribution in [-0.4, -0.2) is 20.7 Å². The second-order valence-corrected chi connectivity index (χ2v) is 7.63. The van der Waals surface area contributed by atoms with Gasteiger partial charge in [-0.3, -0.25) is 9.69 Å². The number of anilines is 1. The number of nitrogens with zero attached hydrogens (tertiary/aromatic N) is 4. The molecule has 0 saturated carbocycles. The van der Waals surface area contributed by atoms with Crippen molar-refractivity contribution in [1.82, 2.24) is 14.8 Å². The van der Waals surface area contributed by atoms with E-state index in [2.05, 4.69) is 53.4 Å². The summed E-state index contributed by atoms with van der Waals surface area (Å²) < 4.78 is 1.88. The Morgan fingerprint density at radius 2 is 1.47 bits per heavy atom. The third kappa shape index (κ3) is 3.18. The van der Waals surface area contributed by atoms with E-state index in [0.717, 1.165) is 17.5 Å². The summed E-state index contributed by atoms with van der Waals surface area (Å²) in [6.45, 7) is 2.07. The van der Waals surface area contributed by atoms with Gasteiger partial charge in [0.25, 0.3) is 5.91 Å². The third-order valence-corrected chi connectivity index (χ3v) is 5.71. The monoisotopic (exact) mass is 394 g/mol. The Hall–Kier alpha value is -3.73. The Balaban J connectivity index is 1.65. The smallest absolute Gasteiger partial charge is 0.261 e. The van der Waals surface area contributed by atoms with Crippen LogP contribution in [0.15, 0.2) is 91.3 Å². The predicted octanol–water partition coefficient (Wildman–Crippen LogP) is 4.97. The summed E-state index contributed by atoms with van der Waals surface area (Å²) in [6, 6.07) is 28.0. The normalized spacial score (nSPS) is 18.1. The maximum atomic E-state index is 13.6. The lowest BCUT2D eigenvalue weighted by atomic mass is 9.91. The standard InChI is InChI=1S/C25H22N4O/c1-18-12-14-20(15-13-18)22-16-23(19-8-4-2-5-9-19)29-25(26-17-27-29)28(22)24(30)21-10-6-3-7-11-21/h2-15,17,22-23H,16H2,1H3/t22-,23-/m1/s1. The van der Waals surface area contributed by atoms with E-state index in [0.29, 0.717) is 11.5 Å². The van der Waals surface area contributed by atoms with Gasteiger partial charge < -0.3 is 0 Å². The highest BCUT2D eigenvalue weighted by atomic mass is 16.2. The molecular weight excluding hydrogens is 372 g/mol. The fourth-order valence-corrected chi connectivity index (χ4v) is 4.17. The molecule has 1 aliphatic rings. The number of rotatable bonds is 3. The molecule has 0 aliphatic carbocycles. The lowest BCUT2D eigenvalue weighted by Gasteiger charge is -2.39. The molecule has 5 nitrogen and oxygen atoms in total. The zero-order valence-corrected chi connectivity index (χ0v) is 16.7. The molecule has 0 radical (unpaired) electrons. The maximum Gasteiger partial charge on any atom is 0.261 e. The molecule has 5 heteroatoms.